The number of hydrogen-bond acceptors (Lipinski definition) is 11. The number of nitrogens with zero attached hydrogens (tertiary/aromatic N) is 3. The summed E-state index contributed by atoms with van der Waals surface area (Å²) in [6, 6.07) is 7.22. The first-order chi connectivity index (χ1) is 28.4. The Morgan fingerprint density at radius 2 is 1.69 bits per heavy atom. The fraction of sp³-hybridized carbons (Fsp3) is 0.578. The number of aryl methyl sites for hydroxylation is 1. The predicted molar refractivity (Wildman–Crippen MR) is 223 cm³/mol. The molecular weight excluding hydrogens is 773 g/mol. The van der Waals surface area contributed by atoms with Gasteiger partial charge in [0.15, 0.2) is 0 Å². The number of fused-ring (bicyclic) bond motifs is 4. The Bertz CT molecular complexity index is 2190. The molecule has 3 aromatic rings. The normalized spacial score (nSPS) is 23.7. The highest BCUT2D eigenvalue weighted by Crippen LogP contribution is 2.40. The second-order valence-electron chi connectivity index (χ2n) is 16.9. The third kappa shape index (κ3) is 8.71. The summed E-state index contributed by atoms with van der Waals surface area (Å²) >= 11 is 1.53. The van der Waals surface area contributed by atoms with Crippen molar-refractivity contribution in [2.75, 3.05) is 18.8 Å². The number of carbonyl (C=O) groups excluding carboxylic acids is 5. The average Bonchev–Trinajstić information content (AvgIpc) is 3.73. The van der Waals surface area contributed by atoms with Crippen LogP contribution in [0.15, 0.2) is 29.1 Å². The van der Waals surface area contributed by atoms with Crippen LogP contribution in [-0.2, 0) is 53.9 Å². The quantitative estimate of drug-likeness (QED) is 0.0643. The number of nitrogens with one attached hydrogen (secondary N) is 1. The van der Waals surface area contributed by atoms with Gasteiger partial charge in [-0.2, -0.15) is 0 Å². The molecule has 2 atom stereocenters. The van der Waals surface area contributed by atoms with Gasteiger partial charge in [-0.1, -0.05) is 20.8 Å². The topological polar surface area (TPSA) is 174 Å². The van der Waals surface area contributed by atoms with Crippen LogP contribution in [-0.4, -0.2) is 73.8 Å². The minimum atomic E-state index is -1.32. The molecule has 7 rings (SSSR count). The van der Waals surface area contributed by atoms with E-state index in [2.05, 4.69) is 5.32 Å². The Kier molecular flexibility index (Phi) is 13.0. The van der Waals surface area contributed by atoms with Crippen LogP contribution in [0.1, 0.15) is 114 Å². The van der Waals surface area contributed by atoms with Crippen molar-refractivity contribution in [3.8, 4) is 17.1 Å². The average molecular weight is 829 g/mol. The number of imide groups is 1. The number of benzene rings is 1. The van der Waals surface area contributed by atoms with Gasteiger partial charge in [0, 0.05) is 36.4 Å². The van der Waals surface area contributed by atoms with Crippen molar-refractivity contribution in [2.45, 2.75) is 122 Å². The zero-order valence-electron chi connectivity index (χ0n) is 34.6. The molecule has 0 bridgehead atoms. The van der Waals surface area contributed by atoms with Crippen LogP contribution in [0.2, 0.25) is 0 Å². The molecule has 2 saturated carbocycles. The molecule has 2 N–H and O–H groups in total. The molecule has 3 amide bonds. The van der Waals surface area contributed by atoms with Crippen LogP contribution >= 0.6 is 11.8 Å². The summed E-state index contributed by atoms with van der Waals surface area (Å²) in [6.45, 7) is 8.87. The Hall–Kier alpha value is -4.56. The Labute approximate surface area is 349 Å². The molecule has 4 aliphatic rings. The summed E-state index contributed by atoms with van der Waals surface area (Å²) in [5, 5.41) is 15.0. The van der Waals surface area contributed by atoms with E-state index in [0.29, 0.717) is 79.9 Å². The van der Waals surface area contributed by atoms with Gasteiger partial charge in [-0.25, -0.2) is 4.98 Å². The van der Waals surface area contributed by atoms with E-state index in [4.69, 9.17) is 14.5 Å². The first-order valence-corrected chi connectivity index (χ1v) is 22.4. The lowest BCUT2D eigenvalue weighted by Crippen LogP contribution is -2.40. The second-order valence-corrected chi connectivity index (χ2v) is 18.4. The number of aliphatic hydroxyl groups is 1. The zero-order valence-corrected chi connectivity index (χ0v) is 35.4. The second kappa shape index (κ2) is 18.0. The molecule has 1 saturated heterocycles. The van der Waals surface area contributed by atoms with Gasteiger partial charge in [0.1, 0.15) is 12.4 Å². The maximum absolute atomic E-state index is 13.8. The van der Waals surface area contributed by atoms with E-state index in [0.717, 1.165) is 60.8 Å². The standard InChI is InChI=1S/C45H56N4O9S/c1-5-31-32-18-30(16-17-36(32)47-40-33(31)23-48-37(40)19-35(45(4,56)6-2)34(42(48)53)24-57-25-50)58-44(55)29-14-8-26(9-15-29)21-46-41(52)28-12-10-27(11-13-28)22-49-39(51)20-38(43(49)54)59-7-3/h16-19,25-29,38,56H,5-15,20-24H2,1-4H3,(H,46,52)/t26?,27?,28?,29?,38?,45-/m0/s1. The van der Waals surface area contributed by atoms with Crippen molar-refractivity contribution in [3.05, 3.63) is 56.9 Å². The molecule has 14 heteroatoms. The summed E-state index contributed by atoms with van der Waals surface area (Å²) in [5.74, 6) is 1.13. The van der Waals surface area contributed by atoms with Crippen molar-refractivity contribution in [2.24, 2.45) is 23.7 Å². The van der Waals surface area contributed by atoms with Crippen molar-refractivity contribution in [1.82, 2.24) is 19.8 Å². The molecule has 2 aliphatic heterocycles. The molecule has 316 valence electrons. The Balaban J connectivity index is 0.925. The first kappa shape index (κ1) is 42.6. The SMILES string of the molecule is CCSC1CC(=O)N(CC2CCC(C(=O)NCC3CCC(C(=O)Oc4ccc5nc6c(c(CC)c5c4)Cn4c-6cc([C@@](C)(O)CC)c(COC=O)c4=O)CC3)CC2)C1=O. The van der Waals surface area contributed by atoms with Gasteiger partial charge < -0.3 is 24.5 Å². The number of hydrogen-bond donors (Lipinski definition) is 2. The summed E-state index contributed by atoms with van der Waals surface area (Å²) < 4.78 is 12.6. The molecule has 1 aromatic carbocycles. The van der Waals surface area contributed by atoms with E-state index in [1.807, 2.05) is 32.9 Å². The smallest absolute Gasteiger partial charge is 0.314 e. The lowest BCUT2D eigenvalue weighted by molar-refractivity contribution is -0.141. The molecule has 4 heterocycles. The molecule has 0 radical (unpaired) electrons. The summed E-state index contributed by atoms with van der Waals surface area (Å²) in [6.07, 6.45) is 7.43. The van der Waals surface area contributed by atoms with Gasteiger partial charge in [-0.05, 0) is 124 Å². The third-order valence-electron chi connectivity index (χ3n) is 13.2. The Morgan fingerprint density at radius 1 is 0.983 bits per heavy atom. The number of amides is 3. The highest BCUT2D eigenvalue weighted by molar-refractivity contribution is 8.00. The zero-order chi connectivity index (χ0) is 42.0. The lowest BCUT2D eigenvalue weighted by Gasteiger charge is -2.31. The summed E-state index contributed by atoms with van der Waals surface area (Å²) in [4.78, 5) is 83.0. The van der Waals surface area contributed by atoms with E-state index in [1.54, 1.807) is 23.6 Å². The summed E-state index contributed by atoms with van der Waals surface area (Å²) in [7, 11) is 0. The van der Waals surface area contributed by atoms with Gasteiger partial charge in [-0.3, -0.25) is 33.7 Å². The molecule has 0 spiro atoms. The monoisotopic (exact) mass is 828 g/mol. The van der Waals surface area contributed by atoms with Crippen molar-refractivity contribution in [3.63, 3.8) is 0 Å². The molecule has 59 heavy (non-hydrogen) atoms. The van der Waals surface area contributed by atoms with Crippen LogP contribution < -0.4 is 15.6 Å². The van der Waals surface area contributed by atoms with Gasteiger partial charge in [0.25, 0.3) is 12.0 Å². The summed E-state index contributed by atoms with van der Waals surface area (Å²) in [5.41, 5.74) is 2.83. The maximum atomic E-state index is 13.8. The van der Waals surface area contributed by atoms with E-state index >= 15 is 0 Å². The van der Waals surface area contributed by atoms with Crippen molar-refractivity contribution >= 4 is 52.8 Å². The van der Waals surface area contributed by atoms with E-state index in [-0.39, 0.29) is 76.9 Å². The number of rotatable bonds is 15. The van der Waals surface area contributed by atoms with Gasteiger partial charge >= 0.3 is 5.97 Å². The number of pyridine rings is 2. The first-order valence-electron chi connectivity index (χ1n) is 21.3. The number of ether oxygens (including phenoxy) is 2. The molecule has 2 aromatic heterocycles. The molecule has 13 nitrogen and oxygen atoms in total. The Morgan fingerprint density at radius 3 is 2.37 bits per heavy atom. The number of carbonyl (C=O) groups is 5. The van der Waals surface area contributed by atoms with Gasteiger partial charge in [0.2, 0.25) is 17.7 Å². The van der Waals surface area contributed by atoms with Gasteiger partial charge in [0.05, 0.1) is 45.8 Å². The highest BCUT2D eigenvalue weighted by Gasteiger charge is 2.40. The van der Waals surface area contributed by atoms with E-state index in [1.165, 1.54) is 16.7 Å². The molecule has 3 fully saturated rings. The molecular formula is C45H56N4O9S. The fourth-order valence-electron chi connectivity index (χ4n) is 9.56. The van der Waals surface area contributed by atoms with Crippen LogP contribution in [0, 0.1) is 23.7 Å². The maximum Gasteiger partial charge on any atom is 0.314 e. The minimum Gasteiger partial charge on any atom is -0.463 e. The van der Waals surface area contributed by atoms with Crippen LogP contribution in [0.5, 0.6) is 5.75 Å². The number of likely N-dealkylation sites (tertiary alicyclic amines) is 1. The van der Waals surface area contributed by atoms with Crippen LogP contribution in [0.3, 0.4) is 0 Å². The van der Waals surface area contributed by atoms with E-state index < -0.39 is 5.60 Å². The molecule has 2 aliphatic carbocycles. The lowest BCUT2D eigenvalue weighted by atomic mass is 9.80. The number of thioether (sulfide) groups is 1. The van der Waals surface area contributed by atoms with Crippen LogP contribution in [0.25, 0.3) is 22.3 Å². The van der Waals surface area contributed by atoms with Gasteiger partial charge in [-0.15, -0.1) is 11.8 Å². The van der Waals surface area contributed by atoms with Crippen molar-refractivity contribution < 1.29 is 38.6 Å². The number of esters is 1. The number of aromatic nitrogens is 2. The minimum absolute atomic E-state index is 0.0586. The predicted octanol–water partition coefficient (Wildman–Crippen LogP) is 5.79. The van der Waals surface area contributed by atoms with Crippen molar-refractivity contribution in [1.29, 1.82) is 0 Å². The highest BCUT2D eigenvalue weighted by atomic mass is 32.2. The van der Waals surface area contributed by atoms with E-state index in [9.17, 15) is 33.9 Å². The van der Waals surface area contributed by atoms with Crippen LogP contribution in [0.4, 0.5) is 0 Å². The third-order valence-corrected chi connectivity index (χ3v) is 14.3. The fourth-order valence-corrected chi connectivity index (χ4v) is 10.5. The largest absolute Gasteiger partial charge is 0.463 e. The molecule has 1 unspecified atom stereocenters.